The molecule has 2 N–H and O–H groups in total. The number of rotatable bonds is 6. The van der Waals surface area contributed by atoms with Gasteiger partial charge in [-0.3, -0.25) is 4.79 Å². The van der Waals surface area contributed by atoms with Crippen molar-refractivity contribution < 1.29 is 13.2 Å². The summed E-state index contributed by atoms with van der Waals surface area (Å²) in [5, 5.41) is 10.8. The van der Waals surface area contributed by atoms with Crippen LogP contribution in [0.1, 0.15) is 35.2 Å². The summed E-state index contributed by atoms with van der Waals surface area (Å²) in [4.78, 5) is 12.3. The molecule has 2 aliphatic rings. The summed E-state index contributed by atoms with van der Waals surface area (Å²) in [6, 6.07) is 4.68. The van der Waals surface area contributed by atoms with Gasteiger partial charge in [0.1, 0.15) is 0 Å². The van der Waals surface area contributed by atoms with Crippen LogP contribution in [0.4, 0.5) is 0 Å². The van der Waals surface area contributed by atoms with Crippen LogP contribution in [0, 0.1) is 12.3 Å². The molecule has 0 saturated heterocycles. The molecular formula is C15H16N4O3S. The van der Waals surface area contributed by atoms with Crippen molar-refractivity contribution in [3.63, 3.8) is 0 Å². The largest absolute Gasteiger partial charge is 0.352 e. The van der Waals surface area contributed by atoms with Gasteiger partial charge in [-0.05, 0) is 17.7 Å². The predicted molar refractivity (Wildman–Crippen MR) is 83.1 cm³/mol. The summed E-state index contributed by atoms with van der Waals surface area (Å²) in [5.74, 6) is 2.23. The molecule has 0 atom stereocenters. The second kappa shape index (κ2) is 5.76. The number of hydrogen-bond acceptors (Lipinski definition) is 5. The van der Waals surface area contributed by atoms with Crippen LogP contribution in [0.5, 0.6) is 0 Å². The molecule has 0 fully saturated rings. The Morgan fingerprint density at radius 1 is 1.39 bits per heavy atom. The molecule has 0 unspecified atom stereocenters. The first-order valence-electron chi connectivity index (χ1n) is 7.24. The number of amides is 1. The number of hydrogen-bond donors (Lipinski definition) is 2. The molecule has 2 heterocycles. The lowest BCUT2D eigenvalue weighted by Gasteiger charge is -2.10. The minimum absolute atomic E-state index is 0.169. The first-order valence-corrected chi connectivity index (χ1v) is 8.72. The van der Waals surface area contributed by atoms with Crippen molar-refractivity contribution in [3.05, 3.63) is 29.3 Å². The van der Waals surface area contributed by atoms with Gasteiger partial charge in [-0.15, -0.1) is 12.3 Å². The van der Waals surface area contributed by atoms with Gasteiger partial charge in [0, 0.05) is 37.9 Å². The number of carbonyl (C=O) groups is 1. The summed E-state index contributed by atoms with van der Waals surface area (Å²) in [6.45, 7) is 0.665. The van der Waals surface area contributed by atoms with Crippen LogP contribution in [0.25, 0.3) is 0 Å². The monoisotopic (exact) mass is 332 g/mol. The zero-order valence-electron chi connectivity index (χ0n) is 12.4. The average molecular weight is 332 g/mol. The third-order valence-corrected chi connectivity index (χ3v) is 5.42. The molecule has 1 amide bonds. The van der Waals surface area contributed by atoms with Gasteiger partial charge in [0.2, 0.25) is 10.0 Å². The molecule has 3 rings (SSSR count). The molecule has 2 aliphatic heterocycles. The van der Waals surface area contributed by atoms with Crippen molar-refractivity contribution in [2.45, 2.75) is 36.4 Å². The van der Waals surface area contributed by atoms with Crippen molar-refractivity contribution >= 4 is 15.9 Å². The van der Waals surface area contributed by atoms with E-state index in [0.29, 0.717) is 36.9 Å². The van der Waals surface area contributed by atoms with Crippen LogP contribution in [0.15, 0.2) is 33.3 Å². The van der Waals surface area contributed by atoms with Crippen molar-refractivity contribution in [3.8, 4) is 12.3 Å². The standard InChI is InChI=1S/C15H16N4O3S/c1-2-3-6-15(18-19-15)7-8-16-14(20)11-4-5-12-10-17-23(21,22)13(12)9-11/h1,4-5,9,17H,3,6-8,10H2,(H,16,20). The van der Waals surface area contributed by atoms with Crippen molar-refractivity contribution in [2.24, 2.45) is 10.2 Å². The van der Waals surface area contributed by atoms with Crippen LogP contribution in [0.2, 0.25) is 0 Å². The molecule has 7 nitrogen and oxygen atoms in total. The lowest BCUT2D eigenvalue weighted by molar-refractivity contribution is 0.0951. The third-order valence-electron chi connectivity index (χ3n) is 3.94. The topological polar surface area (TPSA) is 100.0 Å². The number of nitrogens with one attached hydrogen (secondary N) is 2. The number of benzene rings is 1. The molecule has 0 aromatic heterocycles. The van der Waals surface area contributed by atoms with E-state index in [1.165, 1.54) is 6.07 Å². The van der Waals surface area contributed by atoms with Crippen LogP contribution < -0.4 is 10.0 Å². The molecule has 0 bridgehead atoms. The van der Waals surface area contributed by atoms with Gasteiger partial charge in [-0.2, -0.15) is 10.2 Å². The van der Waals surface area contributed by atoms with Crippen molar-refractivity contribution in [1.29, 1.82) is 0 Å². The minimum atomic E-state index is -3.48. The number of nitrogens with zero attached hydrogens (tertiary/aromatic N) is 2. The molecule has 0 radical (unpaired) electrons. The maximum absolute atomic E-state index is 12.2. The van der Waals surface area contributed by atoms with E-state index in [1.807, 2.05) is 0 Å². The Hall–Kier alpha value is -2.24. The summed E-state index contributed by atoms with van der Waals surface area (Å²) in [6.07, 6.45) is 7.09. The Morgan fingerprint density at radius 3 is 2.87 bits per heavy atom. The van der Waals surface area contributed by atoms with Gasteiger partial charge < -0.3 is 5.32 Å². The van der Waals surface area contributed by atoms with Gasteiger partial charge in [0.05, 0.1) is 4.90 Å². The van der Waals surface area contributed by atoms with E-state index < -0.39 is 15.7 Å². The average Bonchev–Trinajstić information content (AvgIpc) is 3.24. The van der Waals surface area contributed by atoms with Crippen LogP contribution in [-0.2, 0) is 16.6 Å². The Morgan fingerprint density at radius 2 is 2.17 bits per heavy atom. The fourth-order valence-corrected chi connectivity index (χ4v) is 3.76. The fourth-order valence-electron chi connectivity index (χ4n) is 2.49. The van der Waals surface area contributed by atoms with E-state index in [2.05, 4.69) is 26.2 Å². The van der Waals surface area contributed by atoms with Crippen LogP contribution >= 0.6 is 0 Å². The van der Waals surface area contributed by atoms with Crippen molar-refractivity contribution in [2.75, 3.05) is 6.54 Å². The summed E-state index contributed by atoms with van der Waals surface area (Å²) >= 11 is 0. The van der Waals surface area contributed by atoms with E-state index in [1.54, 1.807) is 12.1 Å². The summed E-state index contributed by atoms with van der Waals surface area (Å²) < 4.78 is 26.0. The number of sulfonamides is 1. The fraction of sp³-hybridized carbons (Fsp3) is 0.400. The highest BCUT2D eigenvalue weighted by molar-refractivity contribution is 7.89. The Bertz CT molecular complexity index is 818. The van der Waals surface area contributed by atoms with E-state index in [0.717, 1.165) is 0 Å². The molecule has 23 heavy (non-hydrogen) atoms. The molecule has 0 spiro atoms. The smallest absolute Gasteiger partial charge is 0.251 e. The first-order chi connectivity index (χ1) is 11.0. The summed E-state index contributed by atoms with van der Waals surface area (Å²) in [5.41, 5.74) is 0.550. The highest BCUT2D eigenvalue weighted by atomic mass is 32.2. The van der Waals surface area contributed by atoms with Crippen LogP contribution in [0.3, 0.4) is 0 Å². The summed E-state index contributed by atoms with van der Waals surface area (Å²) in [7, 11) is -3.48. The Balaban J connectivity index is 1.59. The van der Waals surface area contributed by atoms with Crippen LogP contribution in [-0.4, -0.2) is 26.5 Å². The molecule has 0 saturated carbocycles. The lowest BCUT2D eigenvalue weighted by Crippen LogP contribution is -2.28. The third kappa shape index (κ3) is 3.25. The lowest BCUT2D eigenvalue weighted by atomic mass is 10.0. The van der Waals surface area contributed by atoms with Gasteiger partial charge in [0.15, 0.2) is 5.66 Å². The Labute approximate surface area is 134 Å². The number of terminal acetylenes is 1. The van der Waals surface area contributed by atoms with E-state index in [4.69, 9.17) is 6.42 Å². The predicted octanol–water partition coefficient (Wildman–Crippen LogP) is 1.17. The maximum Gasteiger partial charge on any atom is 0.251 e. The quantitative estimate of drug-likeness (QED) is 0.765. The van der Waals surface area contributed by atoms with Crippen molar-refractivity contribution in [1.82, 2.24) is 10.0 Å². The van der Waals surface area contributed by atoms with E-state index in [9.17, 15) is 13.2 Å². The zero-order valence-corrected chi connectivity index (χ0v) is 13.2. The minimum Gasteiger partial charge on any atom is -0.352 e. The van der Waals surface area contributed by atoms with Gasteiger partial charge >= 0.3 is 0 Å². The molecule has 8 heteroatoms. The number of fused-ring (bicyclic) bond motifs is 1. The second-order valence-corrected chi connectivity index (χ2v) is 7.27. The van der Waals surface area contributed by atoms with Gasteiger partial charge in [-0.1, -0.05) is 6.07 Å². The van der Waals surface area contributed by atoms with E-state index >= 15 is 0 Å². The first kappa shape index (κ1) is 15.6. The maximum atomic E-state index is 12.2. The number of carbonyl (C=O) groups excluding carboxylic acids is 1. The van der Waals surface area contributed by atoms with Gasteiger partial charge in [-0.25, -0.2) is 13.1 Å². The second-order valence-electron chi connectivity index (χ2n) is 5.54. The zero-order chi connectivity index (χ0) is 16.5. The molecule has 1 aromatic carbocycles. The molecule has 1 aromatic rings. The molecule has 120 valence electrons. The molecule has 0 aliphatic carbocycles. The molecular weight excluding hydrogens is 316 g/mol. The Kier molecular flexibility index (Phi) is 3.92. The van der Waals surface area contributed by atoms with E-state index in [-0.39, 0.29) is 17.3 Å². The SMILES string of the molecule is C#CCCC1(CCNC(=O)c2ccc3c(c2)S(=O)(=O)NC3)N=N1. The highest BCUT2D eigenvalue weighted by Gasteiger charge is 2.38. The highest BCUT2D eigenvalue weighted by Crippen LogP contribution is 2.36. The van der Waals surface area contributed by atoms with Gasteiger partial charge in [0.25, 0.3) is 5.91 Å². The normalized spacial score (nSPS) is 18.9.